The highest BCUT2D eigenvalue weighted by Gasteiger charge is 2.39. The van der Waals surface area contributed by atoms with Crippen molar-refractivity contribution in [2.45, 2.75) is 70.5 Å². The molecule has 1 aliphatic heterocycles. The van der Waals surface area contributed by atoms with Crippen LogP contribution in [0.15, 0.2) is 103 Å². The number of hydrogen-bond donors (Lipinski definition) is 2. The molecule has 200 valence electrons. The molecule has 0 radical (unpaired) electrons. The van der Waals surface area contributed by atoms with E-state index >= 15 is 4.39 Å². The van der Waals surface area contributed by atoms with E-state index in [4.69, 9.17) is 4.74 Å². The Morgan fingerprint density at radius 2 is 1.39 bits per heavy atom. The lowest BCUT2D eigenvalue weighted by atomic mass is 9.96. The average Bonchev–Trinajstić information content (AvgIpc) is 3.29. The maximum absolute atomic E-state index is 15.3. The molecule has 2 N–H and O–H groups in total. The summed E-state index contributed by atoms with van der Waals surface area (Å²) in [5.74, 6) is -1.04. The van der Waals surface area contributed by atoms with Crippen molar-refractivity contribution < 1.29 is 19.0 Å². The van der Waals surface area contributed by atoms with E-state index < -0.39 is 35.6 Å². The lowest BCUT2D eigenvalue weighted by Crippen LogP contribution is -2.48. The summed E-state index contributed by atoms with van der Waals surface area (Å²) in [5, 5.41) is 14.7. The third-order valence-corrected chi connectivity index (χ3v) is 6.57. The highest BCUT2D eigenvalue weighted by Crippen LogP contribution is 2.29. The minimum atomic E-state index is -1.19. The van der Waals surface area contributed by atoms with E-state index in [0.717, 1.165) is 16.7 Å². The first-order valence-electron chi connectivity index (χ1n) is 13.1. The van der Waals surface area contributed by atoms with Gasteiger partial charge in [0.05, 0.1) is 5.70 Å². The normalized spacial score (nSPS) is 17.3. The van der Waals surface area contributed by atoms with Crippen LogP contribution in [0, 0.1) is 0 Å². The summed E-state index contributed by atoms with van der Waals surface area (Å²) in [5.41, 5.74) is 2.59. The van der Waals surface area contributed by atoms with Gasteiger partial charge in [0.25, 0.3) is 0 Å². The van der Waals surface area contributed by atoms with Crippen molar-refractivity contribution in [1.82, 2.24) is 10.2 Å². The second-order valence-corrected chi connectivity index (χ2v) is 10.8. The van der Waals surface area contributed by atoms with Crippen LogP contribution >= 0.6 is 0 Å². The molecule has 5 nitrogen and oxygen atoms in total. The van der Waals surface area contributed by atoms with Crippen LogP contribution in [0.5, 0.6) is 0 Å². The van der Waals surface area contributed by atoms with E-state index in [-0.39, 0.29) is 12.1 Å². The van der Waals surface area contributed by atoms with E-state index in [1.807, 2.05) is 66.7 Å². The third-order valence-electron chi connectivity index (χ3n) is 6.57. The fourth-order valence-electron chi connectivity index (χ4n) is 4.78. The number of hydrogen-bond acceptors (Lipinski definition) is 5. The van der Waals surface area contributed by atoms with Gasteiger partial charge in [-0.1, -0.05) is 91.0 Å². The summed E-state index contributed by atoms with van der Waals surface area (Å²) in [6.07, 6.45) is -0.830. The molecule has 0 fully saturated rings. The number of carbonyl (C=O) groups excluding carboxylic acids is 1. The average molecular weight is 517 g/mol. The Balaban J connectivity index is 1.65. The predicted molar refractivity (Wildman–Crippen MR) is 148 cm³/mol. The van der Waals surface area contributed by atoms with Gasteiger partial charge < -0.3 is 15.2 Å². The van der Waals surface area contributed by atoms with Crippen molar-refractivity contribution in [2.24, 2.45) is 0 Å². The summed E-state index contributed by atoms with van der Waals surface area (Å²) in [4.78, 5) is 14.9. The first kappa shape index (κ1) is 27.6. The molecule has 0 spiro atoms. The molecule has 6 heteroatoms. The number of ether oxygens (including phenoxy) is 1. The number of rotatable bonds is 10. The van der Waals surface area contributed by atoms with Crippen molar-refractivity contribution in [1.29, 1.82) is 0 Å². The van der Waals surface area contributed by atoms with Crippen molar-refractivity contribution >= 4 is 5.97 Å². The minimum absolute atomic E-state index is 0.0629. The standard InChI is InChI=1S/C32H37FN2O3/c1-32(2,3)38-31(37)27-20-26(33)29(34-27)30(36)28(19-23-13-7-4-8-14-23)35(21-24-15-9-5-10-16-24)22-25-17-11-6-12-18-25/h4-18,27-28,30,34,36H,19-22H2,1-3H3/t27?,28-,30-/m0/s1. The molecule has 0 saturated heterocycles. The molecule has 3 aromatic rings. The molecular formula is C32H37FN2O3. The lowest BCUT2D eigenvalue weighted by molar-refractivity contribution is -0.157. The molecule has 3 aromatic carbocycles. The molecule has 4 rings (SSSR count). The van der Waals surface area contributed by atoms with Crippen LogP contribution in [0.25, 0.3) is 0 Å². The zero-order chi connectivity index (χ0) is 27.1. The number of benzene rings is 3. The zero-order valence-electron chi connectivity index (χ0n) is 22.3. The second kappa shape index (κ2) is 12.4. The third kappa shape index (κ3) is 7.53. The van der Waals surface area contributed by atoms with Crippen molar-refractivity contribution in [2.75, 3.05) is 0 Å². The van der Waals surface area contributed by atoms with Crippen LogP contribution in [-0.4, -0.2) is 39.8 Å². The number of aliphatic hydroxyl groups is 1. The summed E-state index contributed by atoms with van der Waals surface area (Å²) >= 11 is 0. The van der Waals surface area contributed by atoms with Gasteiger partial charge in [-0.25, -0.2) is 9.18 Å². The molecular weight excluding hydrogens is 479 g/mol. The smallest absolute Gasteiger partial charge is 0.329 e. The van der Waals surface area contributed by atoms with Gasteiger partial charge >= 0.3 is 5.97 Å². The lowest BCUT2D eigenvalue weighted by Gasteiger charge is -2.36. The molecule has 1 heterocycles. The first-order valence-corrected chi connectivity index (χ1v) is 13.1. The van der Waals surface area contributed by atoms with Crippen LogP contribution in [0.1, 0.15) is 43.9 Å². The Morgan fingerprint density at radius 3 is 1.87 bits per heavy atom. The van der Waals surface area contributed by atoms with Gasteiger partial charge in [-0.2, -0.15) is 0 Å². The zero-order valence-corrected chi connectivity index (χ0v) is 22.3. The van der Waals surface area contributed by atoms with Crippen LogP contribution in [0.4, 0.5) is 4.39 Å². The second-order valence-electron chi connectivity index (χ2n) is 10.8. The number of halogens is 1. The van der Waals surface area contributed by atoms with Crippen molar-refractivity contribution in [3.05, 3.63) is 119 Å². The highest BCUT2D eigenvalue weighted by atomic mass is 19.1. The van der Waals surface area contributed by atoms with Crippen molar-refractivity contribution in [3.63, 3.8) is 0 Å². The largest absolute Gasteiger partial charge is 0.458 e. The summed E-state index contributed by atoms with van der Waals surface area (Å²) in [6.45, 7) is 6.46. The Kier molecular flexibility index (Phi) is 8.97. The quantitative estimate of drug-likeness (QED) is 0.346. The van der Waals surface area contributed by atoms with Gasteiger partial charge in [0.1, 0.15) is 23.6 Å². The van der Waals surface area contributed by atoms with Gasteiger partial charge in [0.2, 0.25) is 0 Å². The van der Waals surface area contributed by atoms with E-state index in [1.165, 1.54) is 0 Å². The summed E-state index contributed by atoms with van der Waals surface area (Å²) < 4.78 is 20.8. The fourth-order valence-corrected chi connectivity index (χ4v) is 4.78. The molecule has 0 saturated carbocycles. The number of carbonyl (C=O) groups is 1. The molecule has 0 amide bonds. The van der Waals surface area contributed by atoms with Crippen LogP contribution < -0.4 is 5.32 Å². The predicted octanol–water partition coefficient (Wildman–Crippen LogP) is 5.55. The van der Waals surface area contributed by atoms with E-state index in [2.05, 4.69) is 34.5 Å². The number of aliphatic hydroxyl groups excluding tert-OH is 1. The molecule has 3 atom stereocenters. The molecule has 0 aliphatic carbocycles. The number of nitrogens with zero attached hydrogens (tertiary/aromatic N) is 1. The molecule has 0 aromatic heterocycles. The molecule has 38 heavy (non-hydrogen) atoms. The highest BCUT2D eigenvalue weighted by molar-refractivity contribution is 5.77. The number of nitrogens with one attached hydrogen (secondary N) is 1. The topological polar surface area (TPSA) is 61.8 Å². The van der Waals surface area contributed by atoms with Gasteiger partial charge in [0, 0.05) is 25.6 Å². The molecule has 0 bridgehead atoms. The summed E-state index contributed by atoms with van der Waals surface area (Å²) in [7, 11) is 0. The Hall–Kier alpha value is -3.48. The Morgan fingerprint density at radius 1 is 0.921 bits per heavy atom. The van der Waals surface area contributed by atoms with Gasteiger partial charge in [0.15, 0.2) is 0 Å². The molecule has 1 aliphatic rings. The first-order chi connectivity index (χ1) is 18.2. The van der Waals surface area contributed by atoms with E-state index in [1.54, 1.807) is 20.8 Å². The Bertz CT molecular complexity index is 1170. The minimum Gasteiger partial charge on any atom is -0.458 e. The Labute approximate surface area is 225 Å². The maximum Gasteiger partial charge on any atom is 0.329 e. The fraction of sp³-hybridized carbons (Fsp3) is 0.344. The van der Waals surface area contributed by atoms with Gasteiger partial charge in [-0.05, 0) is 43.9 Å². The SMILES string of the molecule is CC(C)(C)OC(=O)C1CC(F)=C([C@@H](O)[C@H](Cc2ccccc2)N(Cc2ccccc2)Cc2ccccc2)N1. The van der Waals surface area contributed by atoms with Crippen LogP contribution in [-0.2, 0) is 29.0 Å². The van der Waals surface area contributed by atoms with Crippen LogP contribution in [0.2, 0.25) is 0 Å². The maximum atomic E-state index is 15.3. The van der Waals surface area contributed by atoms with Gasteiger partial charge in [-0.15, -0.1) is 0 Å². The van der Waals surface area contributed by atoms with Crippen molar-refractivity contribution in [3.8, 4) is 0 Å². The summed E-state index contributed by atoms with van der Waals surface area (Å²) in [6, 6.07) is 28.7. The van der Waals surface area contributed by atoms with E-state index in [9.17, 15) is 9.90 Å². The monoisotopic (exact) mass is 516 g/mol. The van der Waals surface area contributed by atoms with Crippen LogP contribution in [0.3, 0.4) is 0 Å². The molecule has 1 unspecified atom stereocenters. The van der Waals surface area contributed by atoms with E-state index in [0.29, 0.717) is 19.5 Å². The van der Waals surface area contributed by atoms with Gasteiger partial charge in [-0.3, -0.25) is 4.90 Å². The number of esters is 1.